The summed E-state index contributed by atoms with van der Waals surface area (Å²) in [5.41, 5.74) is 1.49. The van der Waals surface area contributed by atoms with Gasteiger partial charge in [0.25, 0.3) is 5.91 Å². The van der Waals surface area contributed by atoms with Crippen molar-refractivity contribution in [3.05, 3.63) is 35.4 Å². The van der Waals surface area contributed by atoms with Crippen LogP contribution in [0.25, 0.3) is 0 Å². The molecule has 0 aromatic heterocycles. The lowest BCUT2D eigenvalue weighted by Gasteiger charge is -2.26. The minimum Gasteiger partial charge on any atom is -0.353 e. The van der Waals surface area contributed by atoms with Crippen LogP contribution < -0.4 is 10.6 Å². The van der Waals surface area contributed by atoms with Gasteiger partial charge >= 0.3 is 0 Å². The topological polar surface area (TPSA) is 81.8 Å². The maximum absolute atomic E-state index is 12.4. The molecule has 1 saturated carbocycles. The monoisotopic (exact) mass is 344 g/mol. The number of carbonyl (C=O) groups excluding carboxylic acids is 3. The number of rotatable bonds is 6. The number of benzene rings is 1. The van der Waals surface area contributed by atoms with Gasteiger partial charge in [-0.25, -0.2) is 0 Å². The standard InChI is InChI=1S/C18H24N4O3/c1-21(15-6-7-15)11-16(23)20-10-13-2-4-14(5-3-13)18(25)22-9-8-19-17(24)12-22/h2-5,15H,6-12H2,1H3,(H,19,24)(H,20,23). The van der Waals surface area contributed by atoms with E-state index in [4.69, 9.17) is 0 Å². The van der Waals surface area contributed by atoms with Gasteiger partial charge in [0.05, 0.1) is 13.1 Å². The van der Waals surface area contributed by atoms with E-state index in [1.165, 1.54) is 12.8 Å². The van der Waals surface area contributed by atoms with Gasteiger partial charge < -0.3 is 15.5 Å². The van der Waals surface area contributed by atoms with Gasteiger partial charge in [0, 0.05) is 31.2 Å². The van der Waals surface area contributed by atoms with E-state index in [2.05, 4.69) is 15.5 Å². The van der Waals surface area contributed by atoms with Crippen LogP contribution in [0.15, 0.2) is 24.3 Å². The highest BCUT2D eigenvalue weighted by atomic mass is 16.2. The van der Waals surface area contributed by atoms with Crippen LogP contribution in [-0.2, 0) is 16.1 Å². The van der Waals surface area contributed by atoms with Crippen molar-refractivity contribution in [2.24, 2.45) is 0 Å². The fourth-order valence-corrected chi connectivity index (χ4v) is 2.89. The highest BCUT2D eigenvalue weighted by molar-refractivity contribution is 5.97. The van der Waals surface area contributed by atoms with E-state index >= 15 is 0 Å². The van der Waals surface area contributed by atoms with E-state index in [0.29, 0.717) is 37.8 Å². The number of piperazine rings is 1. The Balaban J connectivity index is 1.48. The summed E-state index contributed by atoms with van der Waals surface area (Å²) in [4.78, 5) is 39.3. The lowest BCUT2D eigenvalue weighted by atomic mass is 10.1. The third-order valence-corrected chi connectivity index (χ3v) is 4.58. The van der Waals surface area contributed by atoms with Gasteiger partial charge in [-0.05, 0) is 37.6 Å². The number of hydrogen-bond acceptors (Lipinski definition) is 4. The molecule has 7 nitrogen and oxygen atoms in total. The number of likely N-dealkylation sites (N-methyl/N-ethyl adjacent to an activating group) is 1. The molecule has 1 aliphatic heterocycles. The first-order valence-electron chi connectivity index (χ1n) is 8.65. The van der Waals surface area contributed by atoms with Crippen LogP contribution >= 0.6 is 0 Å². The van der Waals surface area contributed by atoms with Crippen LogP contribution in [0, 0.1) is 0 Å². The molecule has 1 aliphatic carbocycles. The molecular formula is C18H24N4O3. The van der Waals surface area contributed by atoms with Gasteiger partial charge in [-0.1, -0.05) is 12.1 Å². The highest BCUT2D eigenvalue weighted by Crippen LogP contribution is 2.24. The van der Waals surface area contributed by atoms with Crippen molar-refractivity contribution in [3.63, 3.8) is 0 Å². The van der Waals surface area contributed by atoms with E-state index in [1.807, 2.05) is 19.2 Å². The normalized spacial score (nSPS) is 17.4. The molecule has 7 heteroatoms. The molecule has 1 heterocycles. The summed E-state index contributed by atoms with van der Waals surface area (Å²) in [6.07, 6.45) is 2.36. The molecule has 0 spiro atoms. The minimum absolute atomic E-state index is 0.00822. The molecule has 2 fully saturated rings. The van der Waals surface area contributed by atoms with Crippen LogP contribution in [0.1, 0.15) is 28.8 Å². The Morgan fingerprint density at radius 3 is 2.64 bits per heavy atom. The fraction of sp³-hybridized carbons (Fsp3) is 0.500. The lowest BCUT2D eigenvalue weighted by molar-refractivity contribution is -0.123. The average Bonchev–Trinajstić information content (AvgIpc) is 3.45. The number of nitrogens with one attached hydrogen (secondary N) is 2. The summed E-state index contributed by atoms with van der Waals surface area (Å²) in [6.45, 7) is 1.97. The molecule has 25 heavy (non-hydrogen) atoms. The molecule has 0 bridgehead atoms. The largest absolute Gasteiger partial charge is 0.353 e. The van der Waals surface area contributed by atoms with Gasteiger partial charge in [-0.3, -0.25) is 19.3 Å². The smallest absolute Gasteiger partial charge is 0.254 e. The van der Waals surface area contributed by atoms with Crippen molar-refractivity contribution in [1.82, 2.24) is 20.4 Å². The zero-order valence-corrected chi connectivity index (χ0v) is 14.5. The molecular weight excluding hydrogens is 320 g/mol. The van der Waals surface area contributed by atoms with Gasteiger partial charge in [0.1, 0.15) is 0 Å². The molecule has 0 radical (unpaired) electrons. The minimum atomic E-state index is -0.142. The maximum Gasteiger partial charge on any atom is 0.254 e. The van der Waals surface area contributed by atoms with Crippen molar-refractivity contribution in [1.29, 1.82) is 0 Å². The Morgan fingerprint density at radius 1 is 1.28 bits per heavy atom. The maximum atomic E-state index is 12.4. The fourth-order valence-electron chi connectivity index (χ4n) is 2.89. The summed E-state index contributed by atoms with van der Waals surface area (Å²) in [5.74, 6) is -0.263. The number of carbonyl (C=O) groups is 3. The molecule has 1 aromatic carbocycles. The van der Waals surface area contributed by atoms with Gasteiger partial charge in [0.15, 0.2) is 0 Å². The Bertz CT molecular complexity index is 655. The Hall–Kier alpha value is -2.41. The molecule has 0 atom stereocenters. The van der Waals surface area contributed by atoms with Crippen molar-refractivity contribution >= 4 is 17.7 Å². The predicted octanol–water partition coefficient (Wildman–Crippen LogP) is -0.0310. The second-order valence-corrected chi connectivity index (χ2v) is 6.70. The van der Waals surface area contributed by atoms with E-state index < -0.39 is 0 Å². The SMILES string of the molecule is CN(CC(=O)NCc1ccc(C(=O)N2CCNC(=O)C2)cc1)C1CC1. The Labute approximate surface area is 147 Å². The Morgan fingerprint density at radius 2 is 2.00 bits per heavy atom. The first kappa shape index (κ1) is 17.4. The van der Waals surface area contributed by atoms with Crippen LogP contribution in [0.2, 0.25) is 0 Å². The lowest BCUT2D eigenvalue weighted by Crippen LogP contribution is -2.49. The van der Waals surface area contributed by atoms with Crippen molar-refractivity contribution in [2.75, 3.05) is 33.2 Å². The molecule has 1 aromatic rings. The number of hydrogen-bond donors (Lipinski definition) is 2. The van der Waals surface area contributed by atoms with E-state index in [-0.39, 0.29) is 24.3 Å². The number of amides is 3. The molecule has 0 unspecified atom stereocenters. The third-order valence-electron chi connectivity index (χ3n) is 4.58. The summed E-state index contributed by atoms with van der Waals surface area (Å²) < 4.78 is 0. The second kappa shape index (κ2) is 7.65. The summed E-state index contributed by atoms with van der Waals surface area (Å²) in [6, 6.07) is 7.72. The highest BCUT2D eigenvalue weighted by Gasteiger charge is 2.27. The first-order chi connectivity index (χ1) is 12.0. The van der Waals surface area contributed by atoms with Crippen LogP contribution in [0.3, 0.4) is 0 Å². The summed E-state index contributed by atoms with van der Waals surface area (Å²) in [7, 11) is 1.97. The quantitative estimate of drug-likeness (QED) is 0.759. The molecule has 3 amide bonds. The average molecular weight is 344 g/mol. The zero-order valence-electron chi connectivity index (χ0n) is 14.5. The van der Waals surface area contributed by atoms with E-state index in [1.54, 1.807) is 17.0 Å². The van der Waals surface area contributed by atoms with Gasteiger partial charge in [-0.15, -0.1) is 0 Å². The summed E-state index contributed by atoms with van der Waals surface area (Å²) >= 11 is 0. The van der Waals surface area contributed by atoms with Crippen molar-refractivity contribution < 1.29 is 14.4 Å². The summed E-state index contributed by atoms with van der Waals surface area (Å²) in [5, 5.41) is 5.60. The van der Waals surface area contributed by atoms with Crippen molar-refractivity contribution in [3.8, 4) is 0 Å². The zero-order chi connectivity index (χ0) is 17.8. The van der Waals surface area contributed by atoms with Crippen LogP contribution in [-0.4, -0.2) is 66.8 Å². The van der Waals surface area contributed by atoms with E-state index in [0.717, 1.165) is 5.56 Å². The van der Waals surface area contributed by atoms with Gasteiger partial charge in [-0.2, -0.15) is 0 Å². The Kier molecular flexibility index (Phi) is 5.33. The molecule has 3 rings (SSSR count). The molecule has 2 aliphatic rings. The first-order valence-corrected chi connectivity index (χ1v) is 8.65. The van der Waals surface area contributed by atoms with Crippen LogP contribution in [0.5, 0.6) is 0 Å². The molecule has 1 saturated heterocycles. The second-order valence-electron chi connectivity index (χ2n) is 6.70. The molecule has 134 valence electrons. The van der Waals surface area contributed by atoms with Gasteiger partial charge in [0.2, 0.25) is 11.8 Å². The number of nitrogens with zero attached hydrogens (tertiary/aromatic N) is 2. The van der Waals surface area contributed by atoms with Crippen LogP contribution in [0.4, 0.5) is 0 Å². The van der Waals surface area contributed by atoms with Crippen molar-refractivity contribution in [2.45, 2.75) is 25.4 Å². The predicted molar refractivity (Wildman–Crippen MR) is 92.9 cm³/mol. The molecule has 2 N–H and O–H groups in total. The van der Waals surface area contributed by atoms with E-state index in [9.17, 15) is 14.4 Å². The third kappa shape index (κ3) is 4.79.